The number of hydrogen-bond acceptors (Lipinski definition) is 5. The standard InChI is InChI=1S/C33H46N2O4/c1-22(36)39-31-24(19-23-7-10-26(11-8-23)35(37)38)20-30-28-12-9-25-21-27(34-17-5-4-6-18-34)13-15-32(25,2)29(28)14-16-33(30,31)3/h7-8,10-11,19,25,27-31H,4-6,9,12-18,20-21H2,1-3H3/b24-19+/t25-,27-,28+,29-,30-,31-,32-,33-/m0/s1. The summed E-state index contributed by atoms with van der Waals surface area (Å²) in [4.78, 5) is 25.9. The van der Waals surface area contributed by atoms with Crippen LogP contribution in [0.1, 0.15) is 97.0 Å². The topological polar surface area (TPSA) is 72.7 Å². The predicted octanol–water partition coefficient (Wildman–Crippen LogP) is 7.42. The molecule has 1 heterocycles. The molecule has 1 saturated heterocycles. The van der Waals surface area contributed by atoms with Gasteiger partial charge in [-0.3, -0.25) is 14.9 Å². The number of rotatable bonds is 4. The van der Waals surface area contributed by atoms with Gasteiger partial charge in [0.05, 0.1) is 4.92 Å². The maximum absolute atomic E-state index is 12.3. The van der Waals surface area contributed by atoms with Crippen molar-refractivity contribution in [2.75, 3.05) is 13.1 Å². The monoisotopic (exact) mass is 534 g/mol. The highest BCUT2D eigenvalue weighted by atomic mass is 16.6. The number of nitro benzene ring substituents is 1. The van der Waals surface area contributed by atoms with Gasteiger partial charge in [-0.15, -0.1) is 0 Å². The van der Waals surface area contributed by atoms with Crippen molar-refractivity contribution >= 4 is 17.7 Å². The Hall–Kier alpha value is -2.21. The van der Waals surface area contributed by atoms with Crippen LogP contribution in [0.5, 0.6) is 0 Å². The molecule has 1 aliphatic heterocycles. The molecule has 4 saturated carbocycles. The van der Waals surface area contributed by atoms with Gasteiger partial charge in [-0.05, 0) is 130 Å². The van der Waals surface area contributed by atoms with Crippen LogP contribution in [-0.4, -0.2) is 41.0 Å². The highest BCUT2D eigenvalue weighted by Crippen LogP contribution is 2.67. The van der Waals surface area contributed by atoms with E-state index in [0.717, 1.165) is 36.3 Å². The first-order chi connectivity index (χ1) is 18.7. The van der Waals surface area contributed by atoms with Crippen LogP contribution < -0.4 is 0 Å². The van der Waals surface area contributed by atoms with Crippen molar-refractivity contribution in [2.24, 2.45) is 34.5 Å². The molecule has 1 aromatic carbocycles. The number of fused-ring (bicyclic) bond motifs is 5. The summed E-state index contributed by atoms with van der Waals surface area (Å²) in [5, 5.41) is 11.1. The van der Waals surface area contributed by atoms with Gasteiger partial charge in [0, 0.05) is 30.5 Å². The number of carbonyl (C=O) groups is 1. The second-order valence-corrected chi connectivity index (χ2v) is 14.0. The molecule has 5 aliphatic rings. The summed E-state index contributed by atoms with van der Waals surface area (Å²) in [7, 11) is 0. The number of nitrogens with zero attached hydrogens (tertiary/aromatic N) is 2. The second-order valence-electron chi connectivity index (χ2n) is 14.0. The number of carbonyl (C=O) groups excluding carboxylic acids is 1. The molecule has 0 spiro atoms. The van der Waals surface area contributed by atoms with Crippen LogP contribution in [-0.2, 0) is 9.53 Å². The molecular formula is C33H46N2O4. The van der Waals surface area contributed by atoms with E-state index in [-0.39, 0.29) is 28.1 Å². The van der Waals surface area contributed by atoms with Crippen molar-refractivity contribution in [3.63, 3.8) is 0 Å². The van der Waals surface area contributed by atoms with Crippen LogP contribution in [0.15, 0.2) is 29.8 Å². The number of non-ortho nitro benzene ring substituents is 1. The SMILES string of the molecule is CC(=O)O[C@H]1/C(=C/c2ccc([N+](=O)[O-])cc2)C[C@H]2[C@@H]3CC[C@H]4C[C@@H](N5CCCCC5)CC[C@]4(C)[C@H]3CC[C@]12C. The quantitative estimate of drug-likeness (QED) is 0.228. The minimum atomic E-state index is -0.360. The number of likely N-dealkylation sites (tertiary alicyclic amines) is 1. The first-order valence-corrected chi connectivity index (χ1v) is 15.6. The lowest BCUT2D eigenvalue weighted by Crippen LogP contribution is -2.56. The summed E-state index contributed by atoms with van der Waals surface area (Å²) < 4.78 is 6.10. The summed E-state index contributed by atoms with van der Waals surface area (Å²) >= 11 is 0. The lowest BCUT2D eigenvalue weighted by Gasteiger charge is -2.61. The van der Waals surface area contributed by atoms with Crippen molar-refractivity contribution < 1.29 is 14.5 Å². The minimum absolute atomic E-state index is 0.0480. The number of nitro groups is 1. The van der Waals surface area contributed by atoms with Crippen LogP contribution >= 0.6 is 0 Å². The third-order valence-corrected chi connectivity index (χ3v) is 12.1. The molecule has 0 bridgehead atoms. The first kappa shape index (κ1) is 27.0. The number of benzene rings is 1. The molecule has 1 aromatic rings. The Morgan fingerprint density at radius 3 is 2.41 bits per heavy atom. The van der Waals surface area contributed by atoms with E-state index in [1.165, 1.54) is 83.4 Å². The van der Waals surface area contributed by atoms with Crippen molar-refractivity contribution in [3.8, 4) is 0 Å². The third kappa shape index (κ3) is 4.75. The van der Waals surface area contributed by atoms with Crippen LogP contribution in [0.25, 0.3) is 6.08 Å². The molecule has 0 radical (unpaired) electrons. The van der Waals surface area contributed by atoms with Crippen molar-refractivity contribution in [2.45, 2.75) is 104 Å². The van der Waals surface area contributed by atoms with E-state index in [2.05, 4.69) is 24.8 Å². The zero-order valence-electron chi connectivity index (χ0n) is 24.1. The Bertz CT molecular complexity index is 1130. The zero-order chi connectivity index (χ0) is 27.4. The Morgan fingerprint density at radius 2 is 1.72 bits per heavy atom. The predicted molar refractivity (Wildman–Crippen MR) is 153 cm³/mol. The summed E-state index contributed by atoms with van der Waals surface area (Å²) in [6.45, 7) is 9.15. The highest BCUT2D eigenvalue weighted by Gasteiger charge is 2.62. The van der Waals surface area contributed by atoms with E-state index in [9.17, 15) is 14.9 Å². The zero-order valence-corrected chi connectivity index (χ0v) is 24.1. The molecule has 0 aromatic heterocycles. The lowest BCUT2D eigenvalue weighted by atomic mass is 9.45. The van der Waals surface area contributed by atoms with Gasteiger partial charge in [0.15, 0.2) is 0 Å². The number of ether oxygens (including phenoxy) is 1. The fourth-order valence-corrected chi connectivity index (χ4v) is 10.1. The van der Waals surface area contributed by atoms with Gasteiger partial charge >= 0.3 is 5.97 Å². The fraction of sp³-hybridized carbons (Fsp3) is 0.727. The summed E-state index contributed by atoms with van der Waals surface area (Å²) in [5.41, 5.74) is 2.61. The number of hydrogen-bond donors (Lipinski definition) is 0. The van der Waals surface area contributed by atoms with Crippen molar-refractivity contribution in [1.29, 1.82) is 0 Å². The molecule has 6 rings (SSSR count). The molecular weight excluding hydrogens is 488 g/mol. The summed E-state index contributed by atoms with van der Waals surface area (Å²) in [6, 6.07) is 7.56. The first-order valence-electron chi connectivity index (χ1n) is 15.6. The Balaban J connectivity index is 1.24. The van der Waals surface area contributed by atoms with Crippen molar-refractivity contribution in [1.82, 2.24) is 4.90 Å². The molecule has 212 valence electrons. The molecule has 0 N–H and O–H groups in total. The fourth-order valence-electron chi connectivity index (χ4n) is 10.1. The van der Waals surface area contributed by atoms with Crippen LogP contribution in [0.3, 0.4) is 0 Å². The van der Waals surface area contributed by atoms with Crippen LogP contribution in [0.4, 0.5) is 5.69 Å². The third-order valence-electron chi connectivity index (χ3n) is 12.1. The van der Waals surface area contributed by atoms with Crippen LogP contribution in [0, 0.1) is 44.6 Å². The van der Waals surface area contributed by atoms with E-state index in [4.69, 9.17) is 4.74 Å². The van der Waals surface area contributed by atoms with E-state index >= 15 is 0 Å². The van der Waals surface area contributed by atoms with E-state index in [0.29, 0.717) is 17.3 Å². The molecule has 4 aliphatic carbocycles. The molecule has 6 nitrogen and oxygen atoms in total. The Labute approximate surface area is 233 Å². The van der Waals surface area contributed by atoms with E-state index in [1.807, 2.05) is 12.1 Å². The van der Waals surface area contributed by atoms with Crippen LogP contribution in [0.2, 0.25) is 0 Å². The maximum atomic E-state index is 12.3. The maximum Gasteiger partial charge on any atom is 0.303 e. The highest BCUT2D eigenvalue weighted by molar-refractivity contribution is 5.67. The van der Waals surface area contributed by atoms with Gasteiger partial charge in [0.1, 0.15) is 6.10 Å². The van der Waals surface area contributed by atoms with Gasteiger partial charge in [-0.1, -0.05) is 26.3 Å². The lowest BCUT2D eigenvalue weighted by molar-refractivity contribution is -0.384. The normalized spacial score (nSPS) is 41.4. The summed E-state index contributed by atoms with van der Waals surface area (Å²) in [6.07, 6.45) is 16.2. The largest absolute Gasteiger partial charge is 0.457 e. The summed E-state index contributed by atoms with van der Waals surface area (Å²) in [5.74, 6) is 2.57. The van der Waals surface area contributed by atoms with Gasteiger partial charge in [-0.25, -0.2) is 0 Å². The Morgan fingerprint density at radius 1 is 1.00 bits per heavy atom. The Kier molecular flexibility index (Phi) is 7.14. The molecule has 8 atom stereocenters. The van der Waals surface area contributed by atoms with E-state index in [1.54, 1.807) is 12.1 Å². The van der Waals surface area contributed by atoms with Gasteiger partial charge in [0.25, 0.3) is 5.69 Å². The van der Waals surface area contributed by atoms with Crippen molar-refractivity contribution in [3.05, 3.63) is 45.5 Å². The minimum Gasteiger partial charge on any atom is -0.457 e. The number of esters is 1. The second kappa shape index (κ2) is 10.3. The molecule has 6 heteroatoms. The average molecular weight is 535 g/mol. The molecule has 0 unspecified atom stereocenters. The molecule has 39 heavy (non-hydrogen) atoms. The smallest absolute Gasteiger partial charge is 0.303 e. The van der Waals surface area contributed by atoms with E-state index < -0.39 is 0 Å². The molecule has 5 fully saturated rings. The average Bonchev–Trinajstić information content (AvgIpc) is 3.19. The van der Waals surface area contributed by atoms with Gasteiger partial charge < -0.3 is 9.64 Å². The van der Waals surface area contributed by atoms with Gasteiger partial charge in [0.2, 0.25) is 0 Å². The molecule has 0 amide bonds. The van der Waals surface area contributed by atoms with Gasteiger partial charge in [-0.2, -0.15) is 0 Å². The number of piperidine rings is 1.